The van der Waals surface area contributed by atoms with Gasteiger partial charge in [0, 0.05) is 11.5 Å². The van der Waals surface area contributed by atoms with Gasteiger partial charge in [0.2, 0.25) is 0 Å². The molecule has 0 aromatic rings. The van der Waals surface area contributed by atoms with Gasteiger partial charge in [0.25, 0.3) is 0 Å². The van der Waals surface area contributed by atoms with Gasteiger partial charge in [0.1, 0.15) is 0 Å². The minimum atomic E-state index is 0.464. The van der Waals surface area contributed by atoms with E-state index in [1.807, 2.05) is 0 Å². The van der Waals surface area contributed by atoms with Crippen molar-refractivity contribution in [3.05, 3.63) is 0 Å². The van der Waals surface area contributed by atoms with Crippen molar-refractivity contribution in [1.29, 1.82) is 0 Å². The summed E-state index contributed by atoms with van der Waals surface area (Å²) in [5.74, 6) is 2.29. The fourth-order valence-electron chi connectivity index (χ4n) is 0.769. The standard InChI is InChI=1S/C7H16S4/c1-7(2,3-5-10-8)4-6-11-9/h8-9H,3-6H2,1-2H3. The zero-order valence-corrected chi connectivity index (χ0v) is 10.5. The second kappa shape index (κ2) is 6.87. The largest absolute Gasteiger partial charge is 0.111 e. The smallest absolute Gasteiger partial charge is 0.00395 e. The lowest BCUT2D eigenvalue weighted by Crippen LogP contribution is -2.12. The molecule has 0 spiro atoms. The predicted molar refractivity (Wildman–Crippen MR) is 65.9 cm³/mol. The third-order valence-electron chi connectivity index (χ3n) is 1.74. The van der Waals surface area contributed by atoms with E-state index in [2.05, 4.69) is 37.2 Å². The van der Waals surface area contributed by atoms with E-state index in [9.17, 15) is 0 Å². The van der Waals surface area contributed by atoms with Crippen LogP contribution in [-0.4, -0.2) is 11.5 Å². The van der Waals surface area contributed by atoms with Crippen LogP contribution in [0.1, 0.15) is 26.7 Å². The van der Waals surface area contributed by atoms with Crippen LogP contribution in [0.2, 0.25) is 0 Å². The monoisotopic (exact) mass is 228 g/mol. The van der Waals surface area contributed by atoms with Gasteiger partial charge in [0.15, 0.2) is 0 Å². The Balaban J connectivity index is 3.43. The van der Waals surface area contributed by atoms with Crippen LogP contribution < -0.4 is 0 Å². The molecule has 0 nitrogen and oxygen atoms in total. The fourth-order valence-corrected chi connectivity index (χ4v) is 2.60. The topological polar surface area (TPSA) is 0 Å². The predicted octanol–water partition coefficient (Wildman–Crippen LogP) is 3.95. The summed E-state index contributed by atoms with van der Waals surface area (Å²) in [7, 11) is 3.26. The molecule has 0 amide bonds. The molecule has 0 aromatic heterocycles. The molecule has 0 unspecified atom stereocenters. The first kappa shape index (κ1) is 12.4. The summed E-state index contributed by atoms with van der Waals surface area (Å²) in [6.07, 6.45) is 2.49. The number of rotatable bonds is 6. The van der Waals surface area contributed by atoms with E-state index < -0.39 is 0 Å². The quantitative estimate of drug-likeness (QED) is 0.522. The van der Waals surface area contributed by atoms with Crippen LogP contribution in [0.5, 0.6) is 0 Å². The lowest BCUT2D eigenvalue weighted by molar-refractivity contribution is 0.345. The van der Waals surface area contributed by atoms with Gasteiger partial charge >= 0.3 is 0 Å². The molecule has 0 atom stereocenters. The Kier molecular flexibility index (Phi) is 7.74. The van der Waals surface area contributed by atoms with Crippen LogP contribution in [0.3, 0.4) is 0 Å². The van der Waals surface area contributed by atoms with Crippen LogP contribution >= 0.6 is 44.9 Å². The second-order valence-electron chi connectivity index (χ2n) is 3.33. The Morgan fingerprint density at radius 2 is 1.36 bits per heavy atom. The maximum Gasteiger partial charge on any atom is 0.00395 e. The molecule has 0 aliphatic rings. The Morgan fingerprint density at radius 3 is 1.64 bits per heavy atom. The summed E-state index contributed by atoms with van der Waals surface area (Å²) in [4.78, 5) is 0. The first-order valence-electron chi connectivity index (χ1n) is 3.65. The molecule has 4 heteroatoms. The maximum atomic E-state index is 4.12. The summed E-state index contributed by atoms with van der Waals surface area (Å²) < 4.78 is 0. The molecule has 0 heterocycles. The molecule has 68 valence electrons. The summed E-state index contributed by atoms with van der Waals surface area (Å²) >= 11 is 8.24. The molecule has 0 bridgehead atoms. The highest BCUT2D eigenvalue weighted by Gasteiger charge is 2.16. The average Bonchev–Trinajstić information content (AvgIpc) is 1.97. The van der Waals surface area contributed by atoms with Crippen LogP contribution in [0.4, 0.5) is 0 Å². The van der Waals surface area contributed by atoms with Gasteiger partial charge in [-0.3, -0.25) is 0 Å². The zero-order chi connectivity index (χ0) is 8.74. The number of hydrogen-bond acceptors (Lipinski definition) is 4. The zero-order valence-electron chi connectivity index (χ0n) is 7.04. The second-order valence-corrected chi connectivity index (χ2v) is 6.21. The van der Waals surface area contributed by atoms with Crippen molar-refractivity contribution < 1.29 is 0 Å². The summed E-state index contributed by atoms with van der Waals surface area (Å²) in [6, 6.07) is 0. The van der Waals surface area contributed by atoms with Crippen LogP contribution in [-0.2, 0) is 0 Å². The molecule has 0 aliphatic carbocycles. The minimum Gasteiger partial charge on any atom is -0.111 e. The summed E-state index contributed by atoms with van der Waals surface area (Å²) in [5, 5.41) is 0. The van der Waals surface area contributed by atoms with E-state index in [1.54, 1.807) is 21.6 Å². The van der Waals surface area contributed by atoms with E-state index in [1.165, 1.54) is 12.8 Å². The number of hydrogen-bond donors (Lipinski definition) is 2. The maximum absolute atomic E-state index is 4.12. The third kappa shape index (κ3) is 7.75. The Hall–Kier alpha value is 1.40. The van der Waals surface area contributed by atoms with E-state index in [4.69, 9.17) is 0 Å². The third-order valence-corrected chi connectivity index (χ3v) is 3.61. The van der Waals surface area contributed by atoms with Crippen molar-refractivity contribution in [1.82, 2.24) is 0 Å². The lowest BCUT2D eigenvalue weighted by Gasteiger charge is -2.23. The molecule has 0 saturated carbocycles. The summed E-state index contributed by atoms with van der Waals surface area (Å²) in [5.41, 5.74) is 0.464. The van der Waals surface area contributed by atoms with Gasteiger partial charge in [-0.05, 0) is 18.3 Å². The van der Waals surface area contributed by atoms with Crippen molar-refractivity contribution in [3.8, 4) is 0 Å². The Labute approximate surface area is 88.3 Å². The minimum absolute atomic E-state index is 0.464. The van der Waals surface area contributed by atoms with Crippen molar-refractivity contribution >= 4 is 44.9 Å². The van der Waals surface area contributed by atoms with Gasteiger partial charge in [-0.25, -0.2) is 0 Å². The highest BCUT2D eigenvalue weighted by atomic mass is 33.1. The number of thiol groups is 2. The van der Waals surface area contributed by atoms with Gasteiger partial charge in [-0.15, -0.1) is 23.3 Å². The van der Waals surface area contributed by atoms with Gasteiger partial charge in [-0.2, -0.15) is 0 Å². The Morgan fingerprint density at radius 1 is 1.00 bits per heavy atom. The molecule has 0 aromatic carbocycles. The van der Waals surface area contributed by atoms with Crippen LogP contribution in [0.15, 0.2) is 0 Å². The SMILES string of the molecule is CC(C)(CCSS)CCSS. The van der Waals surface area contributed by atoms with Crippen molar-refractivity contribution in [2.75, 3.05) is 11.5 Å². The van der Waals surface area contributed by atoms with Crippen molar-refractivity contribution in [2.24, 2.45) is 5.41 Å². The van der Waals surface area contributed by atoms with Crippen LogP contribution in [0, 0.1) is 5.41 Å². The first-order chi connectivity index (χ1) is 5.12. The molecule has 0 radical (unpaired) electrons. The molecule has 0 aliphatic heterocycles. The fraction of sp³-hybridized carbons (Fsp3) is 1.00. The molecular formula is C7H16S4. The highest BCUT2D eigenvalue weighted by Crippen LogP contribution is 2.29. The highest BCUT2D eigenvalue weighted by molar-refractivity contribution is 8.68. The normalized spacial score (nSPS) is 12.0. The molecule has 0 saturated heterocycles. The van der Waals surface area contributed by atoms with E-state index in [0.29, 0.717) is 5.41 Å². The Bertz CT molecular complexity index is 82.4. The van der Waals surface area contributed by atoms with Gasteiger partial charge in [0.05, 0.1) is 0 Å². The average molecular weight is 228 g/mol. The van der Waals surface area contributed by atoms with Crippen LogP contribution in [0.25, 0.3) is 0 Å². The molecule has 0 N–H and O–H groups in total. The first-order valence-corrected chi connectivity index (χ1v) is 7.73. The van der Waals surface area contributed by atoms with Gasteiger partial charge in [-0.1, -0.05) is 35.4 Å². The lowest BCUT2D eigenvalue weighted by atomic mass is 9.87. The molecule has 0 rings (SSSR count). The van der Waals surface area contributed by atoms with Gasteiger partial charge < -0.3 is 0 Å². The van der Waals surface area contributed by atoms with Crippen molar-refractivity contribution in [3.63, 3.8) is 0 Å². The molecule has 11 heavy (non-hydrogen) atoms. The van der Waals surface area contributed by atoms with E-state index in [-0.39, 0.29) is 0 Å². The molecular weight excluding hydrogens is 212 g/mol. The molecule has 0 fully saturated rings. The van der Waals surface area contributed by atoms with E-state index >= 15 is 0 Å². The van der Waals surface area contributed by atoms with E-state index in [0.717, 1.165) is 11.5 Å². The summed E-state index contributed by atoms with van der Waals surface area (Å²) in [6.45, 7) is 4.61. The van der Waals surface area contributed by atoms with Crippen molar-refractivity contribution in [2.45, 2.75) is 26.7 Å².